The van der Waals surface area contributed by atoms with Gasteiger partial charge in [0.05, 0.1) is 18.0 Å². The fourth-order valence-corrected chi connectivity index (χ4v) is 1.76. The average molecular weight is 295 g/mol. The van der Waals surface area contributed by atoms with Gasteiger partial charge in [-0.25, -0.2) is 13.8 Å². The Balaban J connectivity index is 2.31. The van der Waals surface area contributed by atoms with Crippen molar-refractivity contribution in [3.63, 3.8) is 0 Å². The monoisotopic (exact) mass is 295 g/mol. The van der Waals surface area contributed by atoms with Gasteiger partial charge in [0.25, 0.3) is 0 Å². The van der Waals surface area contributed by atoms with Crippen LogP contribution >= 0.6 is 0 Å². The molecule has 2 heterocycles. The molecule has 0 radical (unpaired) electrons. The maximum absolute atomic E-state index is 13.6. The van der Waals surface area contributed by atoms with Crippen LogP contribution in [0.2, 0.25) is 0 Å². The highest BCUT2D eigenvalue weighted by Gasteiger charge is 2.21. The van der Waals surface area contributed by atoms with Crippen LogP contribution in [0.1, 0.15) is 18.6 Å². The average Bonchev–Trinajstić information content (AvgIpc) is 2.40. The SMILES string of the molecule is C[C@H](Oc1cc(B(O)O)cnc1N)c1c(F)cncc1F. The summed E-state index contributed by atoms with van der Waals surface area (Å²) in [5.74, 6) is -1.76. The number of rotatable bonds is 4. The number of pyridine rings is 2. The summed E-state index contributed by atoms with van der Waals surface area (Å²) in [5, 5.41) is 18.1. The molecule has 0 saturated heterocycles. The summed E-state index contributed by atoms with van der Waals surface area (Å²) in [6.07, 6.45) is 1.88. The zero-order valence-electron chi connectivity index (χ0n) is 11.0. The van der Waals surface area contributed by atoms with E-state index in [1.165, 1.54) is 13.0 Å². The van der Waals surface area contributed by atoms with E-state index >= 15 is 0 Å². The van der Waals surface area contributed by atoms with Gasteiger partial charge in [-0.05, 0) is 13.0 Å². The zero-order valence-corrected chi connectivity index (χ0v) is 11.0. The van der Waals surface area contributed by atoms with Crippen molar-refractivity contribution in [2.24, 2.45) is 0 Å². The van der Waals surface area contributed by atoms with E-state index < -0.39 is 24.9 Å². The van der Waals surface area contributed by atoms with Gasteiger partial charge in [-0.3, -0.25) is 4.98 Å². The smallest absolute Gasteiger partial charge is 0.482 e. The number of nitrogens with two attached hydrogens (primary N) is 1. The van der Waals surface area contributed by atoms with E-state index in [1.807, 2.05) is 0 Å². The van der Waals surface area contributed by atoms with E-state index in [1.54, 1.807) is 0 Å². The minimum atomic E-state index is -1.76. The third kappa shape index (κ3) is 3.26. The first-order valence-electron chi connectivity index (χ1n) is 5.97. The summed E-state index contributed by atoms with van der Waals surface area (Å²) in [7, 11) is -1.76. The first-order chi connectivity index (χ1) is 9.90. The molecule has 2 rings (SSSR count). The highest BCUT2D eigenvalue weighted by molar-refractivity contribution is 6.58. The molecule has 0 aliphatic rings. The van der Waals surface area contributed by atoms with Crippen molar-refractivity contribution in [2.45, 2.75) is 13.0 Å². The Morgan fingerprint density at radius 2 is 1.86 bits per heavy atom. The van der Waals surface area contributed by atoms with E-state index in [-0.39, 0.29) is 22.6 Å². The fourth-order valence-electron chi connectivity index (χ4n) is 1.76. The molecule has 21 heavy (non-hydrogen) atoms. The van der Waals surface area contributed by atoms with Crippen molar-refractivity contribution in [1.82, 2.24) is 9.97 Å². The van der Waals surface area contributed by atoms with Crippen molar-refractivity contribution in [3.8, 4) is 5.75 Å². The summed E-state index contributed by atoms with van der Waals surface area (Å²) >= 11 is 0. The molecule has 1 atom stereocenters. The second kappa shape index (κ2) is 6.02. The van der Waals surface area contributed by atoms with E-state index in [0.29, 0.717) is 0 Å². The largest absolute Gasteiger partial charge is 0.490 e. The first kappa shape index (κ1) is 15.1. The minimum absolute atomic E-state index is 0.0105. The molecule has 0 unspecified atom stereocenters. The molecule has 2 aromatic heterocycles. The Hall–Kier alpha value is -2.26. The molecule has 0 bridgehead atoms. The van der Waals surface area contributed by atoms with E-state index in [0.717, 1.165) is 18.6 Å². The lowest BCUT2D eigenvalue weighted by Gasteiger charge is -2.17. The van der Waals surface area contributed by atoms with Gasteiger partial charge in [-0.1, -0.05) is 0 Å². The number of nitrogens with zero attached hydrogens (tertiary/aromatic N) is 2. The predicted octanol–water partition coefficient (Wildman–Crippen LogP) is 0.157. The summed E-state index contributed by atoms with van der Waals surface area (Å²) in [6, 6.07) is 1.24. The lowest BCUT2D eigenvalue weighted by Crippen LogP contribution is -2.30. The van der Waals surface area contributed by atoms with Crippen LogP contribution in [0.3, 0.4) is 0 Å². The number of nitrogen functional groups attached to an aromatic ring is 1. The third-order valence-electron chi connectivity index (χ3n) is 2.80. The molecular weight excluding hydrogens is 283 g/mol. The van der Waals surface area contributed by atoms with Gasteiger partial charge in [0, 0.05) is 11.7 Å². The lowest BCUT2D eigenvalue weighted by atomic mass is 9.81. The molecule has 9 heteroatoms. The number of halogens is 2. The molecular formula is C12H12BF2N3O3. The summed E-state index contributed by atoms with van der Waals surface area (Å²) in [4.78, 5) is 7.10. The van der Waals surface area contributed by atoms with Gasteiger partial charge < -0.3 is 20.5 Å². The van der Waals surface area contributed by atoms with Gasteiger partial charge in [0.15, 0.2) is 23.2 Å². The highest BCUT2D eigenvalue weighted by atomic mass is 19.1. The van der Waals surface area contributed by atoms with E-state index in [2.05, 4.69) is 9.97 Å². The Morgan fingerprint density at radius 3 is 2.43 bits per heavy atom. The molecule has 2 aromatic rings. The molecule has 0 aliphatic heterocycles. The van der Waals surface area contributed by atoms with Gasteiger partial charge >= 0.3 is 7.12 Å². The molecule has 0 aromatic carbocycles. The molecule has 4 N–H and O–H groups in total. The molecule has 110 valence electrons. The maximum atomic E-state index is 13.6. The van der Waals surface area contributed by atoms with Crippen LogP contribution in [0.4, 0.5) is 14.6 Å². The number of hydrogen-bond donors (Lipinski definition) is 3. The van der Waals surface area contributed by atoms with Crippen molar-refractivity contribution in [1.29, 1.82) is 0 Å². The summed E-state index contributed by atoms with van der Waals surface area (Å²) in [6.45, 7) is 1.42. The second-order valence-corrected chi connectivity index (χ2v) is 4.30. The van der Waals surface area contributed by atoms with Crippen LogP contribution < -0.4 is 15.9 Å². The number of ether oxygens (including phenoxy) is 1. The van der Waals surface area contributed by atoms with Gasteiger partial charge in [0.2, 0.25) is 0 Å². The zero-order chi connectivity index (χ0) is 15.6. The van der Waals surface area contributed by atoms with Gasteiger partial charge in [-0.2, -0.15) is 0 Å². The van der Waals surface area contributed by atoms with Gasteiger partial charge in [0.1, 0.15) is 6.10 Å². The molecule has 6 nitrogen and oxygen atoms in total. The Kier molecular flexibility index (Phi) is 4.34. The number of anilines is 1. The highest BCUT2D eigenvalue weighted by Crippen LogP contribution is 2.27. The van der Waals surface area contributed by atoms with Crippen LogP contribution in [0.25, 0.3) is 0 Å². The lowest BCUT2D eigenvalue weighted by molar-refractivity contribution is 0.215. The van der Waals surface area contributed by atoms with Crippen molar-refractivity contribution < 1.29 is 23.6 Å². The minimum Gasteiger partial charge on any atom is -0.482 e. The number of hydrogen-bond acceptors (Lipinski definition) is 6. The normalized spacial score (nSPS) is 12.0. The van der Waals surface area contributed by atoms with E-state index in [9.17, 15) is 8.78 Å². The third-order valence-corrected chi connectivity index (χ3v) is 2.80. The molecule has 0 spiro atoms. The molecule has 0 saturated carbocycles. The first-order valence-corrected chi connectivity index (χ1v) is 5.97. The summed E-state index contributed by atoms with van der Waals surface area (Å²) in [5.41, 5.74) is 5.33. The summed E-state index contributed by atoms with van der Waals surface area (Å²) < 4.78 is 32.6. The number of aromatic nitrogens is 2. The quantitative estimate of drug-likeness (QED) is 0.694. The van der Waals surface area contributed by atoms with E-state index in [4.69, 9.17) is 20.5 Å². The predicted molar refractivity (Wildman–Crippen MR) is 71.7 cm³/mol. The maximum Gasteiger partial charge on any atom is 0.490 e. The topological polar surface area (TPSA) is 101 Å². The molecule has 0 amide bonds. The van der Waals surface area contributed by atoms with Crippen LogP contribution in [0.5, 0.6) is 5.75 Å². The fraction of sp³-hybridized carbons (Fsp3) is 0.167. The standard InChI is InChI=1S/C12H12BF2N3O3/c1-6(11-8(14)4-17-5-9(11)15)21-10-2-7(13(19)20)3-18-12(10)16/h2-6,19-20H,1H3,(H2,16,18)/t6-/m0/s1. The molecule has 0 aliphatic carbocycles. The Labute approximate surface area is 119 Å². The van der Waals surface area contributed by atoms with Crippen LogP contribution in [-0.2, 0) is 0 Å². The second-order valence-electron chi connectivity index (χ2n) is 4.30. The van der Waals surface area contributed by atoms with Crippen molar-refractivity contribution >= 4 is 18.4 Å². The Bertz CT molecular complexity index is 637. The van der Waals surface area contributed by atoms with Crippen molar-refractivity contribution in [3.05, 3.63) is 41.9 Å². The van der Waals surface area contributed by atoms with Crippen LogP contribution in [0, 0.1) is 11.6 Å². The van der Waals surface area contributed by atoms with Crippen LogP contribution in [0.15, 0.2) is 24.7 Å². The van der Waals surface area contributed by atoms with Crippen molar-refractivity contribution in [2.75, 3.05) is 5.73 Å². The Morgan fingerprint density at radius 1 is 1.24 bits per heavy atom. The molecule has 0 fully saturated rings. The van der Waals surface area contributed by atoms with Gasteiger partial charge in [-0.15, -0.1) is 0 Å². The van der Waals surface area contributed by atoms with Crippen LogP contribution in [-0.4, -0.2) is 27.1 Å².